The van der Waals surface area contributed by atoms with Gasteiger partial charge in [0, 0.05) is 0 Å². The van der Waals surface area contributed by atoms with E-state index in [9.17, 15) is 0 Å². The molecule has 0 fully saturated rings. The van der Waals surface area contributed by atoms with Crippen LogP contribution in [0.5, 0.6) is 0 Å². The third kappa shape index (κ3) is 1.78. The van der Waals surface area contributed by atoms with E-state index in [1.54, 1.807) is 0 Å². The molecule has 1 rings (SSSR count). The number of nitrogens with zero attached hydrogens (tertiary/aromatic N) is 1. The average molecular weight is 238 g/mol. The van der Waals surface area contributed by atoms with Crippen molar-refractivity contribution >= 4 is 28.6 Å². The third-order valence-corrected chi connectivity index (χ3v) is 3.76. The van der Waals surface area contributed by atoms with Crippen molar-refractivity contribution in [3.05, 3.63) is 11.4 Å². The Hall–Kier alpha value is 0.0195. The average Bonchev–Trinajstić information content (AvgIpc) is 2.45. The molecular weight excluding hydrogens is 227 g/mol. The minimum absolute atomic E-state index is 0.0592. The van der Waals surface area contributed by atoms with Crippen molar-refractivity contribution in [3.63, 3.8) is 0 Å². The Kier molecular flexibility index (Phi) is 3.43. The quantitative estimate of drug-likeness (QED) is 0.782. The number of hydrogen-bond acceptors (Lipinski definition) is 1. The van der Waals surface area contributed by atoms with Gasteiger partial charge in [0.15, 0.2) is 0 Å². The van der Waals surface area contributed by atoms with Gasteiger partial charge in [0.05, 0.1) is 0 Å². The summed E-state index contributed by atoms with van der Waals surface area (Å²) in [5, 5.41) is 7.19. The van der Waals surface area contributed by atoms with E-state index < -0.39 is 0 Å². The molecule has 0 bridgehead atoms. The van der Waals surface area contributed by atoms with Crippen molar-refractivity contribution in [1.82, 2.24) is 10.2 Å². The van der Waals surface area contributed by atoms with Gasteiger partial charge in [-0.25, -0.2) is 0 Å². The molecule has 0 aliphatic carbocycles. The maximum atomic E-state index is 5.84. The van der Waals surface area contributed by atoms with Crippen LogP contribution in [0.15, 0.2) is 0 Å². The molecule has 0 amide bonds. The van der Waals surface area contributed by atoms with E-state index in [-0.39, 0.29) is 14.0 Å². The molecular formula is C7H11ClN2Se. The summed E-state index contributed by atoms with van der Waals surface area (Å²) in [4.78, 5) is 0. The summed E-state index contributed by atoms with van der Waals surface area (Å²) in [5.74, 6) is 0. The van der Waals surface area contributed by atoms with Gasteiger partial charge in [0.25, 0.3) is 0 Å². The second kappa shape index (κ2) is 4.15. The fourth-order valence-electron chi connectivity index (χ4n) is 0.981. The molecule has 11 heavy (non-hydrogen) atoms. The molecule has 1 aromatic heterocycles. The van der Waals surface area contributed by atoms with Gasteiger partial charge >= 0.3 is 76.9 Å². The van der Waals surface area contributed by atoms with Crippen LogP contribution in [0.25, 0.3) is 0 Å². The van der Waals surface area contributed by atoms with Crippen molar-refractivity contribution in [3.8, 4) is 0 Å². The van der Waals surface area contributed by atoms with Crippen LogP contribution in [0.1, 0.15) is 25.2 Å². The van der Waals surface area contributed by atoms with Gasteiger partial charge in [0.2, 0.25) is 0 Å². The number of halogens is 1. The van der Waals surface area contributed by atoms with E-state index in [2.05, 4.69) is 24.0 Å². The fourth-order valence-corrected chi connectivity index (χ4v) is 3.11. The molecule has 0 aromatic carbocycles. The normalized spacial score (nSPS) is 10.5. The predicted molar refractivity (Wildman–Crippen MR) is 48.6 cm³/mol. The number of hydrogen-bond donors (Lipinski definition) is 1. The number of aromatic amines is 1. The SMILES string of the molecule is CCc1n[nH]c(CC)c1[Se]Cl. The van der Waals surface area contributed by atoms with Crippen LogP contribution in [0.3, 0.4) is 0 Å². The van der Waals surface area contributed by atoms with E-state index >= 15 is 0 Å². The molecule has 4 heteroatoms. The predicted octanol–water partition coefficient (Wildman–Crippen LogP) is 1.02. The molecule has 0 aliphatic rings. The third-order valence-electron chi connectivity index (χ3n) is 1.63. The summed E-state index contributed by atoms with van der Waals surface area (Å²) in [7, 11) is 5.84. The Bertz CT molecular complexity index is 213. The molecule has 0 aliphatic heterocycles. The van der Waals surface area contributed by atoms with Gasteiger partial charge in [0.1, 0.15) is 0 Å². The summed E-state index contributed by atoms with van der Waals surface area (Å²) in [6.45, 7) is 4.21. The molecule has 1 heterocycles. The van der Waals surface area contributed by atoms with Gasteiger partial charge in [-0.15, -0.1) is 0 Å². The summed E-state index contributed by atoms with van der Waals surface area (Å²) in [6.07, 6.45) is 1.97. The number of aromatic nitrogens is 2. The van der Waals surface area contributed by atoms with Crippen LogP contribution in [0, 0.1) is 0 Å². The standard InChI is InChI=1S/C7H11ClN2Se/c1-3-5-7(11-8)6(4-2)10-9-5/h3-4H2,1-2H3,(H,9,10). The Morgan fingerprint density at radius 2 is 2.18 bits per heavy atom. The minimum atomic E-state index is 0.0592. The van der Waals surface area contributed by atoms with E-state index in [4.69, 9.17) is 10.1 Å². The van der Waals surface area contributed by atoms with E-state index in [0.717, 1.165) is 18.5 Å². The van der Waals surface area contributed by atoms with Crippen LogP contribution in [-0.4, -0.2) is 24.2 Å². The van der Waals surface area contributed by atoms with Gasteiger partial charge in [-0.05, 0) is 0 Å². The molecule has 0 saturated carbocycles. The van der Waals surface area contributed by atoms with Crippen LogP contribution in [0.2, 0.25) is 0 Å². The number of H-pyrrole nitrogens is 1. The number of rotatable bonds is 3. The fraction of sp³-hybridized carbons (Fsp3) is 0.571. The van der Waals surface area contributed by atoms with Gasteiger partial charge in [-0.3, -0.25) is 0 Å². The van der Waals surface area contributed by atoms with E-state index in [1.165, 1.54) is 10.2 Å². The Balaban J connectivity index is 2.99. The summed E-state index contributed by atoms with van der Waals surface area (Å²) >= 11 is 0.0592. The molecule has 1 N–H and O–H groups in total. The van der Waals surface area contributed by atoms with Gasteiger partial charge in [-0.2, -0.15) is 0 Å². The van der Waals surface area contributed by atoms with Crippen molar-refractivity contribution in [2.24, 2.45) is 0 Å². The molecule has 2 nitrogen and oxygen atoms in total. The zero-order valence-electron chi connectivity index (χ0n) is 6.65. The van der Waals surface area contributed by atoms with Crippen molar-refractivity contribution in [1.29, 1.82) is 0 Å². The number of nitrogens with one attached hydrogen (secondary N) is 1. The molecule has 0 atom stereocenters. The first-order valence-corrected chi connectivity index (χ1v) is 6.78. The number of aryl methyl sites for hydroxylation is 2. The van der Waals surface area contributed by atoms with Crippen molar-refractivity contribution < 1.29 is 0 Å². The second-order valence-electron chi connectivity index (χ2n) is 2.26. The first-order chi connectivity index (χ1) is 5.33. The van der Waals surface area contributed by atoms with Gasteiger partial charge < -0.3 is 0 Å². The molecule has 0 spiro atoms. The van der Waals surface area contributed by atoms with E-state index in [0.29, 0.717) is 0 Å². The Morgan fingerprint density at radius 3 is 2.64 bits per heavy atom. The first-order valence-electron chi connectivity index (χ1n) is 3.68. The van der Waals surface area contributed by atoms with Crippen LogP contribution in [-0.2, 0) is 12.8 Å². The molecule has 62 valence electrons. The first kappa shape index (κ1) is 9.11. The van der Waals surface area contributed by atoms with Crippen molar-refractivity contribution in [2.45, 2.75) is 26.7 Å². The van der Waals surface area contributed by atoms with Crippen LogP contribution in [0.4, 0.5) is 0 Å². The molecule has 0 unspecified atom stereocenters. The van der Waals surface area contributed by atoms with Gasteiger partial charge in [-0.1, -0.05) is 0 Å². The zero-order valence-corrected chi connectivity index (χ0v) is 9.12. The molecule has 0 radical (unpaired) electrons. The monoisotopic (exact) mass is 238 g/mol. The summed E-state index contributed by atoms with van der Waals surface area (Å²) in [5.41, 5.74) is 2.34. The van der Waals surface area contributed by atoms with Crippen LogP contribution >= 0.6 is 10.1 Å². The summed E-state index contributed by atoms with van der Waals surface area (Å²) in [6, 6.07) is 0. The Morgan fingerprint density at radius 1 is 1.45 bits per heavy atom. The Labute approximate surface area is 77.1 Å². The molecule has 0 saturated heterocycles. The van der Waals surface area contributed by atoms with Crippen LogP contribution < -0.4 is 4.46 Å². The van der Waals surface area contributed by atoms with E-state index in [1.807, 2.05) is 0 Å². The second-order valence-corrected chi connectivity index (χ2v) is 4.24. The summed E-state index contributed by atoms with van der Waals surface area (Å²) < 4.78 is 1.25. The maximum absolute atomic E-state index is 5.84. The molecule has 1 aromatic rings. The topological polar surface area (TPSA) is 28.7 Å². The van der Waals surface area contributed by atoms with Crippen molar-refractivity contribution in [2.75, 3.05) is 0 Å². The zero-order chi connectivity index (χ0) is 8.27.